The van der Waals surface area contributed by atoms with Crippen molar-refractivity contribution in [2.24, 2.45) is 0 Å². The van der Waals surface area contributed by atoms with Gasteiger partial charge in [0, 0.05) is 38.3 Å². The number of anilines is 2. The molecule has 2 aromatic carbocycles. The molecule has 0 aliphatic carbocycles. The minimum atomic E-state index is -5.90. The summed E-state index contributed by atoms with van der Waals surface area (Å²) in [5.41, 5.74) is 0.995. The number of amides is 2. The van der Waals surface area contributed by atoms with E-state index in [9.17, 15) is 31.5 Å². The summed E-state index contributed by atoms with van der Waals surface area (Å²) in [7, 11) is 3.03. The molecule has 1 fully saturated rings. The fourth-order valence-electron chi connectivity index (χ4n) is 4.24. The van der Waals surface area contributed by atoms with E-state index < -0.39 is 42.4 Å². The second-order valence-electron chi connectivity index (χ2n) is 9.78. The quantitative estimate of drug-likeness (QED) is 0.274. The van der Waals surface area contributed by atoms with E-state index in [-0.39, 0.29) is 36.1 Å². The maximum absolute atomic E-state index is 13.3. The fourth-order valence-corrected chi connectivity index (χ4v) is 4.24. The van der Waals surface area contributed by atoms with Gasteiger partial charge in [-0.3, -0.25) is 15.4 Å². The van der Waals surface area contributed by atoms with Gasteiger partial charge in [-0.25, -0.2) is 4.79 Å². The molecule has 0 bridgehead atoms. The molecule has 1 saturated heterocycles. The number of aromatic nitrogens is 3. The molecule has 244 valence electrons. The summed E-state index contributed by atoms with van der Waals surface area (Å²) in [6, 6.07) is 10.4. The minimum Gasteiger partial charge on any atom is -0.426 e. The first kappa shape index (κ1) is 33.5. The zero-order chi connectivity index (χ0) is 32.9. The summed E-state index contributed by atoms with van der Waals surface area (Å²) >= 11 is 0. The Morgan fingerprint density at radius 3 is 2.20 bits per heavy atom. The van der Waals surface area contributed by atoms with Crippen molar-refractivity contribution in [1.29, 1.82) is 0 Å². The molecule has 1 aromatic heterocycles. The Hall–Kier alpha value is -4.35. The summed E-state index contributed by atoms with van der Waals surface area (Å²) < 4.78 is 91.0. The van der Waals surface area contributed by atoms with Gasteiger partial charge < -0.3 is 23.7 Å². The van der Waals surface area contributed by atoms with Gasteiger partial charge in [-0.1, -0.05) is 6.92 Å². The molecular formula is C28H30F5N5O7. The van der Waals surface area contributed by atoms with E-state index in [4.69, 9.17) is 18.9 Å². The highest BCUT2D eigenvalue weighted by Crippen LogP contribution is 2.37. The van der Waals surface area contributed by atoms with Crippen molar-refractivity contribution in [2.45, 2.75) is 63.6 Å². The van der Waals surface area contributed by atoms with Gasteiger partial charge in [0.15, 0.2) is 5.82 Å². The molecule has 4 atom stereocenters. The van der Waals surface area contributed by atoms with Crippen LogP contribution in [0.3, 0.4) is 0 Å². The van der Waals surface area contributed by atoms with Crippen LogP contribution in [0.5, 0.6) is 5.75 Å². The summed E-state index contributed by atoms with van der Waals surface area (Å²) in [6.07, 6.45) is -13.6. The van der Waals surface area contributed by atoms with E-state index >= 15 is 0 Å². The summed E-state index contributed by atoms with van der Waals surface area (Å²) in [5.74, 6) is -1.08. The third-order valence-corrected chi connectivity index (χ3v) is 6.70. The highest BCUT2D eigenvalue weighted by Gasteiger charge is 2.61. The predicted octanol–water partition coefficient (Wildman–Crippen LogP) is 5.53. The lowest BCUT2D eigenvalue weighted by atomic mass is 10.0. The van der Waals surface area contributed by atoms with Crippen molar-refractivity contribution in [3.63, 3.8) is 0 Å². The van der Waals surface area contributed by atoms with Crippen LogP contribution in [0.25, 0.3) is 17.1 Å². The van der Waals surface area contributed by atoms with Gasteiger partial charge in [0.25, 0.3) is 0 Å². The average Bonchev–Trinajstić information content (AvgIpc) is 3.40. The number of halogens is 5. The van der Waals surface area contributed by atoms with Crippen LogP contribution in [0.4, 0.5) is 38.4 Å². The monoisotopic (exact) mass is 643 g/mol. The zero-order valence-corrected chi connectivity index (χ0v) is 24.4. The number of benzene rings is 2. The number of alkyl halides is 5. The van der Waals surface area contributed by atoms with E-state index in [0.717, 1.165) is 12.1 Å². The Morgan fingerprint density at radius 1 is 0.978 bits per heavy atom. The van der Waals surface area contributed by atoms with E-state index in [1.165, 1.54) is 23.9 Å². The number of rotatable bonds is 10. The van der Waals surface area contributed by atoms with E-state index in [0.29, 0.717) is 17.7 Å². The van der Waals surface area contributed by atoms with Crippen LogP contribution in [-0.4, -0.2) is 77.9 Å². The molecule has 3 aromatic rings. The van der Waals surface area contributed by atoms with Crippen LogP contribution in [0.15, 0.2) is 48.5 Å². The van der Waals surface area contributed by atoms with Crippen molar-refractivity contribution in [3.05, 3.63) is 48.5 Å². The fraction of sp³-hybridized carbons (Fsp3) is 0.429. The Morgan fingerprint density at radius 2 is 1.62 bits per heavy atom. The lowest BCUT2D eigenvalue weighted by molar-refractivity contribution is -0.360. The summed E-state index contributed by atoms with van der Waals surface area (Å²) in [4.78, 5) is 29.0. The van der Waals surface area contributed by atoms with E-state index in [2.05, 4.69) is 25.5 Å². The van der Waals surface area contributed by atoms with Crippen LogP contribution in [0.1, 0.15) is 26.7 Å². The smallest absolute Gasteiger partial charge is 0.426 e. The zero-order valence-electron chi connectivity index (χ0n) is 24.4. The van der Waals surface area contributed by atoms with Crippen molar-refractivity contribution in [1.82, 2.24) is 14.8 Å². The average molecular weight is 644 g/mol. The highest BCUT2D eigenvalue weighted by atomic mass is 19.4. The molecule has 12 nitrogen and oxygen atoms in total. The third-order valence-electron chi connectivity index (χ3n) is 6.70. The van der Waals surface area contributed by atoms with Gasteiger partial charge in [0.2, 0.25) is 18.1 Å². The lowest BCUT2D eigenvalue weighted by Gasteiger charge is -2.37. The molecule has 2 amide bonds. The molecule has 0 spiro atoms. The van der Waals surface area contributed by atoms with Gasteiger partial charge >= 0.3 is 18.4 Å². The van der Waals surface area contributed by atoms with Crippen molar-refractivity contribution >= 4 is 23.6 Å². The standard InChI is InChI=1S/C28H30F5N5O7/c1-5-22(39)35-25-36-23(37-38(25)18-10-12-19(13-11-18)45-28(32,33)27(29,30)31)16-6-8-17(9-7-16)34-26(40)44-24-21(42-4)14-20(41-3)15(2)43-24/h6-13,15,20-21,24H,5,14H2,1-4H3,(H,34,40)(H,35,36,37,39)/t15-,20+,21+,24-/m0/s1. The van der Waals surface area contributed by atoms with Gasteiger partial charge in [0.05, 0.1) is 17.9 Å². The van der Waals surface area contributed by atoms with Crippen LogP contribution in [0.2, 0.25) is 0 Å². The molecule has 17 heteroatoms. The maximum atomic E-state index is 13.3. The SMILES string of the molecule is CCC(=O)Nc1nc(-c2ccc(NC(=O)O[C@@H]3O[C@@H](C)[C@H](OC)C[C@H]3OC)cc2)nn1-c1ccc(OC(F)(F)C(F)(F)F)cc1. The van der Waals surface area contributed by atoms with Gasteiger partial charge in [-0.2, -0.15) is 31.6 Å². The molecule has 1 aliphatic heterocycles. The summed E-state index contributed by atoms with van der Waals surface area (Å²) in [5, 5.41) is 9.51. The number of nitrogens with one attached hydrogen (secondary N) is 2. The second kappa shape index (κ2) is 13.7. The predicted molar refractivity (Wildman–Crippen MR) is 148 cm³/mol. The Labute approximate surface area is 253 Å². The number of nitrogens with zero attached hydrogens (tertiary/aromatic N) is 3. The van der Waals surface area contributed by atoms with Crippen molar-refractivity contribution in [3.8, 4) is 22.8 Å². The first-order chi connectivity index (χ1) is 21.2. The van der Waals surface area contributed by atoms with Crippen LogP contribution >= 0.6 is 0 Å². The largest absolute Gasteiger partial charge is 0.499 e. The lowest BCUT2D eigenvalue weighted by Crippen LogP contribution is -2.49. The molecular weight excluding hydrogens is 613 g/mol. The Kier molecular flexibility index (Phi) is 10.2. The molecule has 0 saturated carbocycles. The third kappa shape index (κ3) is 8.03. The van der Waals surface area contributed by atoms with E-state index in [1.807, 2.05) is 0 Å². The highest BCUT2D eigenvalue weighted by molar-refractivity contribution is 5.89. The number of hydrogen-bond acceptors (Lipinski definition) is 9. The Balaban J connectivity index is 1.49. The molecule has 1 aliphatic rings. The summed E-state index contributed by atoms with van der Waals surface area (Å²) in [6.45, 7) is 3.40. The van der Waals surface area contributed by atoms with Gasteiger partial charge in [-0.05, 0) is 55.5 Å². The molecule has 0 unspecified atom stereocenters. The van der Waals surface area contributed by atoms with Crippen molar-refractivity contribution < 1.29 is 55.2 Å². The Bertz CT molecular complexity index is 1470. The first-order valence-corrected chi connectivity index (χ1v) is 13.5. The number of methoxy groups -OCH3 is 2. The van der Waals surface area contributed by atoms with Gasteiger partial charge in [-0.15, -0.1) is 5.10 Å². The normalized spacial score (nSPS) is 20.4. The van der Waals surface area contributed by atoms with E-state index in [1.54, 1.807) is 45.2 Å². The number of carbonyl (C=O) groups is 2. The van der Waals surface area contributed by atoms with Crippen LogP contribution in [-0.2, 0) is 23.7 Å². The number of hydrogen-bond donors (Lipinski definition) is 2. The number of carbonyl (C=O) groups excluding carboxylic acids is 2. The van der Waals surface area contributed by atoms with Crippen LogP contribution < -0.4 is 15.4 Å². The van der Waals surface area contributed by atoms with Crippen molar-refractivity contribution in [2.75, 3.05) is 24.9 Å². The van der Waals surface area contributed by atoms with Gasteiger partial charge in [0.1, 0.15) is 11.9 Å². The first-order valence-electron chi connectivity index (χ1n) is 13.5. The van der Waals surface area contributed by atoms with Crippen LogP contribution in [0, 0.1) is 0 Å². The second-order valence-corrected chi connectivity index (χ2v) is 9.78. The topological polar surface area (TPSA) is 135 Å². The molecule has 2 N–H and O–H groups in total. The number of ether oxygens (including phenoxy) is 5. The molecule has 4 rings (SSSR count). The molecule has 45 heavy (non-hydrogen) atoms. The molecule has 0 radical (unpaired) electrons. The minimum absolute atomic E-state index is 0.0398. The maximum Gasteiger partial charge on any atom is 0.499 e. The molecule has 2 heterocycles.